The molecule has 2 unspecified atom stereocenters. The van der Waals surface area contributed by atoms with Crippen LogP contribution < -0.4 is 15.4 Å². The lowest BCUT2D eigenvalue weighted by Gasteiger charge is -2.37. The molecule has 3 saturated heterocycles. The number of hydrogen-bond acceptors (Lipinski definition) is 6. The first-order valence-electron chi connectivity index (χ1n) is 13.9. The van der Waals surface area contributed by atoms with E-state index in [1.165, 1.54) is 0 Å². The number of carbonyl (C=O) groups excluding carboxylic acids is 3. The average molecular weight is 552 g/mol. The van der Waals surface area contributed by atoms with E-state index in [1.807, 2.05) is 37.3 Å². The number of nitrogens with zero attached hydrogens (tertiary/aromatic N) is 1. The summed E-state index contributed by atoms with van der Waals surface area (Å²) in [6.45, 7) is 4.75. The van der Waals surface area contributed by atoms with Gasteiger partial charge >= 0.3 is 0 Å². The zero-order valence-electron chi connectivity index (χ0n) is 22.5. The number of anilines is 1. The number of thioether (sulfide) groups is 1. The Balaban J connectivity index is 1.47. The SMILES string of the molecule is CCCCNC(=O)C1N([C@H](CO)c2ccccc2)C(=O)[C@@H]2[C@H](C(=O)Nc3ccc(OCC)cc3)[C@@H]3CCC12S3. The van der Waals surface area contributed by atoms with Crippen LogP contribution in [-0.4, -0.2) is 63.5 Å². The molecule has 0 aliphatic carbocycles. The molecule has 8 nitrogen and oxygen atoms in total. The summed E-state index contributed by atoms with van der Waals surface area (Å²) in [5.74, 6) is -1.11. The number of hydrogen-bond donors (Lipinski definition) is 3. The van der Waals surface area contributed by atoms with Gasteiger partial charge in [0.15, 0.2) is 0 Å². The van der Waals surface area contributed by atoms with Gasteiger partial charge in [-0.15, -0.1) is 11.8 Å². The summed E-state index contributed by atoms with van der Waals surface area (Å²) in [5.41, 5.74) is 1.41. The molecular formula is C30H37N3O5S. The summed E-state index contributed by atoms with van der Waals surface area (Å²) in [4.78, 5) is 43.4. The topological polar surface area (TPSA) is 108 Å². The predicted octanol–water partition coefficient (Wildman–Crippen LogP) is 3.76. The highest BCUT2D eigenvalue weighted by atomic mass is 32.2. The molecule has 2 aromatic rings. The van der Waals surface area contributed by atoms with Crippen molar-refractivity contribution >= 4 is 35.2 Å². The third kappa shape index (κ3) is 4.91. The summed E-state index contributed by atoms with van der Waals surface area (Å²) in [6.07, 6.45) is 3.22. The van der Waals surface area contributed by atoms with Crippen molar-refractivity contribution in [1.82, 2.24) is 10.2 Å². The van der Waals surface area contributed by atoms with Crippen LogP contribution in [0.1, 0.15) is 51.1 Å². The molecule has 5 rings (SSSR count). The molecule has 39 heavy (non-hydrogen) atoms. The minimum atomic E-state index is -0.762. The van der Waals surface area contributed by atoms with E-state index in [1.54, 1.807) is 40.9 Å². The van der Waals surface area contributed by atoms with E-state index >= 15 is 0 Å². The second-order valence-electron chi connectivity index (χ2n) is 10.5. The number of aliphatic hydroxyl groups excluding tert-OH is 1. The van der Waals surface area contributed by atoms with Crippen LogP contribution >= 0.6 is 11.8 Å². The van der Waals surface area contributed by atoms with Crippen LogP contribution in [0.3, 0.4) is 0 Å². The van der Waals surface area contributed by atoms with Crippen molar-refractivity contribution in [3.8, 4) is 5.75 Å². The van der Waals surface area contributed by atoms with E-state index in [9.17, 15) is 19.5 Å². The molecule has 0 saturated carbocycles. The number of amides is 3. The standard InChI is InChI=1S/C30H37N3O5S/c1-3-5-17-31-28(36)26-30-16-15-23(39-30)24(27(35)32-20-11-13-21(14-12-20)38-4-2)25(30)29(37)33(26)22(18-34)19-9-7-6-8-10-19/h6-14,22-26,34H,3-5,15-18H2,1-2H3,(H,31,36)(H,32,35)/t22-,23+,24-,25+,26?,30?/m1/s1. The highest BCUT2D eigenvalue weighted by molar-refractivity contribution is 8.02. The first-order valence-corrected chi connectivity index (χ1v) is 14.8. The number of carbonyl (C=O) groups is 3. The molecule has 3 heterocycles. The number of ether oxygens (including phenoxy) is 1. The van der Waals surface area contributed by atoms with Gasteiger partial charge in [0.2, 0.25) is 17.7 Å². The van der Waals surface area contributed by atoms with Crippen LogP contribution in [0.25, 0.3) is 0 Å². The Morgan fingerprint density at radius 2 is 1.87 bits per heavy atom. The predicted molar refractivity (Wildman–Crippen MR) is 151 cm³/mol. The fraction of sp³-hybridized carbons (Fsp3) is 0.500. The lowest BCUT2D eigenvalue weighted by atomic mass is 9.70. The molecule has 0 aromatic heterocycles. The molecule has 3 fully saturated rings. The molecule has 2 bridgehead atoms. The molecule has 3 aliphatic heterocycles. The molecular weight excluding hydrogens is 514 g/mol. The first-order chi connectivity index (χ1) is 18.9. The van der Waals surface area contributed by atoms with Crippen LogP contribution in [0.2, 0.25) is 0 Å². The number of likely N-dealkylation sites (tertiary alicyclic amines) is 1. The van der Waals surface area contributed by atoms with E-state index in [0.717, 1.165) is 30.6 Å². The monoisotopic (exact) mass is 551 g/mol. The van der Waals surface area contributed by atoms with Crippen molar-refractivity contribution in [2.75, 3.05) is 25.1 Å². The average Bonchev–Trinajstić information content (AvgIpc) is 3.59. The largest absolute Gasteiger partial charge is 0.494 e. The van der Waals surface area contributed by atoms with E-state index in [4.69, 9.17) is 4.74 Å². The number of aliphatic hydroxyl groups is 1. The summed E-state index contributed by atoms with van der Waals surface area (Å²) in [5, 5.41) is 16.5. The lowest BCUT2D eigenvalue weighted by molar-refractivity contribution is -0.142. The van der Waals surface area contributed by atoms with Crippen molar-refractivity contribution in [2.24, 2.45) is 11.8 Å². The van der Waals surface area contributed by atoms with E-state index < -0.39 is 28.7 Å². The third-order valence-electron chi connectivity index (χ3n) is 8.24. The fourth-order valence-corrected chi connectivity index (χ4v) is 8.77. The Hall–Kier alpha value is -3.04. The van der Waals surface area contributed by atoms with Gasteiger partial charge in [-0.05, 0) is 56.0 Å². The van der Waals surface area contributed by atoms with Gasteiger partial charge in [0.25, 0.3) is 0 Å². The minimum Gasteiger partial charge on any atom is -0.494 e. The molecule has 208 valence electrons. The zero-order valence-corrected chi connectivity index (χ0v) is 23.3. The Morgan fingerprint density at radius 1 is 1.13 bits per heavy atom. The van der Waals surface area contributed by atoms with E-state index in [-0.39, 0.29) is 29.6 Å². The number of nitrogens with one attached hydrogen (secondary N) is 2. The lowest BCUT2D eigenvalue weighted by Crippen LogP contribution is -2.54. The Morgan fingerprint density at radius 3 is 2.54 bits per heavy atom. The quantitative estimate of drug-likeness (QED) is 0.367. The molecule has 3 amide bonds. The van der Waals surface area contributed by atoms with Crippen molar-refractivity contribution < 1.29 is 24.2 Å². The molecule has 0 radical (unpaired) electrons. The molecule has 6 atom stereocenters. The molecule has 3 aliphatic rings. The molecule has 3 N–H and O–H groups in total. The smallest absolute Gasteiger partial charge is 0.244 e. The van der Waals surface area contributed by atoms with Gasteiger partial charge in [0.1, 0.15) is 11.8 Å². The maximum atomic E-state index is 14.3. The van der Waals surface area contributed by atoms with Crippen LogP contribution in [0.5, 0.6) is 5.75 Å². The van der Waals surface area contributed by atoms with E-state index in [2.05, 4.69) is 17.6 Å². The second kappa shape index (κ2) is 11.6. The minimum absolute atomic E-state index is 0.0426. The Bertz CT molecular complexity index is 1190. The number of rotatable bonds is 11. The van der Waals surface area contributed by atoms with Crippen molar-refractivity contribution in [1.29, 1.82) is 0 Å². The fourth-order valence-electron chi connectivity index (χ4n) is 6.57. The van der Waals surface area contributed by atoms with Gasteiger partial charge in [0, 0.05) is 17.5 Å². The van der Waals surface area contributed by atoms with Crippen LogP contribution in [0.15, 0.2) is 54.6 Å². The number of unbranched alkanes of at least 4 members (excludes halogenated alkanes) is 1. The number of fused-ring (bicyclic) bond motifs is 1. The van der Waals surface area contributed by atoms with Crippen LogP contribution in [0.4, 0.5) is 5.69 Å². The number of benzene rings is 2. The maximum absolute atomic E-state index is 14.3. The van der Waals surface area contributed by atoms with Crippen molar-refractivity contribution in [3.63, 3.8) is 0 Å². The van der Waals surface area contributed by atoms with Gasteiger partial charge in [-0.25, -0.2) is 0 Å². The third-order valence-corrected chi connectivity index (χ3v) is 10.2. The summed E-state index contributed by atoms with van der Waals surface area (Å²) >= 11 is 1.63. The van der Waals surface area contributed by atoms with Gasteiger partial charge in [0.05, 0.1) is 35.8 Å². The molecule has 1 spiro atoms. The van der Waals surface area contributed by atoms with Crippen LogP contribution in [-0.2, 0) is 14.4 Å². The van der Waals surface area contributed by atoms with Gasteiger partial charge < -0.3 is 25.4 Å². The highest BCUT2D eigenvalue weighted by Gasteiger charge is 2.74. The van der Waals surface area contributed by atoms with Gasteiger partial charge in [-0.2, -0.15) is 0 Å². The van der Waals surface area contributed by atoms with E-state index in [0.29, 0.717) is 25.3 Å². The zero-order chi connectivity index (χ0) is 27.6. The maximum Gasteiger partial charge on any atom is 0.244 e. The van der Waals surface area contributed by atoms with Gasteiger partial charge in [-0.1, -0.05) is 43.7 Å². The van der Waals surface area contributed by atoms with Crippen molar-refractivity contribution in [2.45, 2.75) is 61.6 Å². The van der Waals surface area contributed by atoms with Gasteiger partial charge in [-0.3, -0.25) is 14.4 Å². The summed E-state index contributed by atoms with van der Waals surface area (Å²) in [6, 6.07) is 15.1. The summed E-state index contributed by atoms with van der Waals surface area (Å²) in [7, 11) is 0. The first kappa shape index (κ1) is 27.5. The van der Waals surface area contributed by atoms with Crippen molar-refractivity contribution in [3.05, 3.63) is 60.2 Å². The Kier molecular flexibility index (Phi) is 8.19. The Labute approximate surface area is 233 Å². The van der Waals surface area contributed by atoms with Crippen LogP contribution in [0, 0.1) is 11.8 Å². The molecule has 9 heteroatoms. The highest BCUT2D eigenvalue weighted by Crippen LogP contribution is 2.67. The molecule has 2 aromatic carbocycles. The normalized spacial score (nSPS) is 27.8. The second-order valence-corrected chi connectivity index (χ2v) is 12.1. The summed E-state index contributed by atoms with van der Waals surface area (Å²) < 4.78 is 4.79.